The Kier molecular flexibility index (Phi) is 8.89. The number of benzene rings is 3. The van der Waals surface area contributed by atoms with E-state index in [1.807, 2.05) is 26.0 Å². The molecule has 7 nitrogen and oxygen atoms in total. The van der Waals surface area contributed by atoms with Gasteiger partial charge in [-0.05, 0) is 55.3 Å². The van der Waals surface area contributed by atoms with Gasteiger partial charge in [-0.25, -0.2) is 4.79 Å². The maximum Gasteiger partial charge on any atom is 0.331 e. The van der Waals surface area contributed by atoms with Crippen molar-refractivity contribution in [1.82, 2.24) is 0 Å². The number of carbonyl (C=O) groups excluding carboxylic acids is 2. The van der Waals surface area contributed by atoms with E-state index in [9.17, 15) is 9.59 Å². The standard InChI is InChI=1S/C28H29NO6/c1-5-34-24-15-12-20(18-25(24)33-4)13-16-26(30)35-27(21-9-7-6-8-10-21)28(31)29-22-17-19(2)11-14-23(22)32-3/h6-18,27H,5H2,1-4H3,(H,29,31)/b16-13+. The first-order valence-corrected chi connectivity index (χ1v) is 11.1. The van der Waals surface area contributed by atoms with Crippen molar-refractivity contribution in [3.8, 4) is 17.2 Å². The minimum atomic E-state index is -1.16. The third-order valence-electron chi connectivity index (χ3n) is 5.09. The molecule has 0 saturated carbocycles. The van der Waals surface area contributed by atoms with E-state index in [2.05, 4.69) is 5.32 Å². The van der Waals surface area contributed by atoms with Gasteiger partial charge in [0.25, 0.3) is 5.91 Å². The third-order valence-corrected chi connectivity index (χ3v) is 5.09. The molecule has 0 saturated heterocycles. The van der Waals surface area contributed by atoms with E-state index < -0.39 is 18.0 Å². The highest BCUT2D eigenvalue weighted by Crippen LogP contribution is 2.29. The molecular weight excluding hydrogens is 446 g/mol. The number of esters is 1. The fraction of sp³-hybridized carbons (Fsp3) is 0.214. The molecule has 0 aliphatic heterocycles. The first-order chi connectivity index (χ1) is 16.9. The molecule has 0 heterocycles. The molecule has 3 aromatic rings. The average Bonchev–Trinajstić information content (AvgIpc) is 2.87. The topological polar surface area (TPSA) is 83.1 Å². The summed E-state index contributed by atoms with van der Waals surface area (Å²) >= 11 is 0. The SMILES string of the molecule is CCOc1ccc(/C=C/C(=O)OC(C(=O)Nc2cc(C)ccc2OC)c2ccccc2)cc1OC. The highest BCUT2D eigenvalue weighted by atomic mass is 16.5. The molecule has 3 aromatic carbocycles. The lowest BCUT2D eigenvalue weighted by Gasteiger charge is -2.18. The van der Waals surface area contributed by atoms with Gasteiger partial charge in [-0.3, -0.25) is 4.79 Å². The average molecular weight is 476 g/mol. The zero-order valence-electron chi connectivity index (χ0n) is 20.2. The summed E-state index contributed by atoms with van der Waals surface area (Å²) in [5.74, 6) is 0.507. The second kappa shape index (κ2) is 12.3. The van der Waals surface area contributed by atoms with Crippen LogP contribution >= 0.6 is 0 Å². The van der Waals surface area contributed by atoms with Crippen LogP contribution in [0, 0.1) is 6.92 Å². The quantitative estimate of drug-likeness (QED) is 0.315. The molecule has 3 rings (SSSR count). The van der Waals surface area contributed by atoms with E-state index in [1.165, 1.54) is 13.2 Å². The number of anilines is 1. The van der Waals surface area contributed by atoms with Gasteiger partial charge in [-0.15, -0.1) is 0 Å². The van der Waals surface area contributed by atoms with Crippen LogP contribution in [0.25, 0.3) is 6.08 Å². The number of rotatable bonds is 10. The van der Waals surface area contributed by atoms with E-state index in [0.717, 1.165) is 5.56 Å². The number of methoxy groups -OCH3 is 2. The van der Waals surface area contributed by atoms with Gasteiger partial charge >= 0.3 is 5.97 Å². The molecule has 1 amide bonds. The van der Waals surface area contributed by atoms with Crippen molar-refractivity contribution in [3.63, 3.8) is 0 Å². The van der Waals surface area contributed by atoms with Crippen LogP contribution in [0.15, 0.2) is 72.8 Å². The van der Waals surface area contributed by atoms with Crippen LogP contribution in [0.2, 0.25) is 0 Å². The van der Waals surface area contributed by atoms with Gasteiger partial charge in [-0.1, -0.05) is 42.5 Å². The largest absolute Gasteiger partial charge is 0.495 e. The van der Waals surface area contributed by atoms with Gasteiger partial charge in [0.15, 0.2) is 11.5 Å². The molecule has 0 spiro atoms. The number of aryl methyl sites for hydroxylation is 1. The molecule has 1 N–H and O–H groups in total. The maximum atomic E-state index is 13.2. The second-order valence-electron chi connectivity index (χ2n) is 7.60. The van der Waals surface area contributed by atoms with Gasteiger partial charge in [-0.2, -0.15) is 0 Å². The van der Waals surface area contributed by atoms with E-state index in [0.29, 0.717) is 40.7 Å². The Bertz CT molecular complexity index is 1190. The number of hydrogen-bond acceptors (Lipinski definition) is 6. The Morgan fingerprint density at radius 2 is 1.63 bits per heavy atom. The molecule has 35 heavy (non-hydrogen) atoms. The van der Waals surface area contributed by atoms with Gasteiger partial charge in [0.05, 0.1) is 26.5 Å². The van der Waals surface area contributed by atoms with Gasteiger partial charge in [0.2, 0.25) is 6.10 Å². The highest BCUT2D eigenvalue weighted by molar-refractivity contribution is 5.98. The number of hydrogen-bond donors (Lipinski definition) is 1. The van der Waals surface area contributed by atoms with E-state index in [-0.39, 0.29) is 0 Å². The molecule has 1 unspecified atom stereocenters. The molecule has 0 fully saturated rings. The number of carbonyl (C=O) groups is 2. The van der Waals surface area contributed by atoms with Crippen molar-refractivity contribution in [3.05, 3.63) is 89.5 Å². The van der Waals surface area contributed by atoms with Gasteiger partial charge < -0.3 is 24.3 Å². The zero-order chi connectivity index (χ0) is 25.2. The van der Waals surface area contributed by atoms with Crippen molar-refractivity contribution < 1.29 is 28.5 Å². The first kappa shape index (κ1) is 25.4. The fourth-order valence-corrected chi connectivity index (χ4v) is 3.40. The summed E-state index contributed by atoms with van der Waals surface area (Å²) in [5, 5.41) is 2.82. The predicted molar refractivity (Wildman–Crippen MR) is 135 cm³/mol. The van der Waals surface area contributed by atoms with Crippen LogP contribution in [0.5, 0.6) is 17.2 Å². The summed E-state index contributed by atoms with van der Waals surface area (Å²) in [6, 6.07) is 19.6. The van der Waals surface area contributed by atoms with Crippen molar-refractivity contribution in [2.45, 2.75) is 20.0 Å². The molecule has 0 bridgehead atoms. The Hall–Kier alpha value is -4.26. The molecule has 0 aliphatic carbocycles. The third kappa shape index (κ3) is 6.86. The van der Waals surface area contributed by atoms with Crippen LogP contribution in [0.4, 0.5) is 5.69 Å². The predicted octanol–water partition coefficient (Wildman–Crippen LogP) is 5.35. The highest BCUT2D eigenvalue weighted by Gasteiger charge is 2.25. The van der Waals surface area contributed by atoms with Crippen LogP contribution in [-0.4, -0.2) is 32.7 Å². The Morgan fingerprint density at radius 1 is 0.914 bits per heavy atom. The second-order valence-corrected chi connectivity index (χ2v) is 7.60. The lowest BCUT2D eigenvalue weighted by atomic mass is 10.1. The molecule has 7 heteroatoms. The lowest BCUT2D eigenvalue weighted by molar-refractivity contribution is -0.149. The molecular formula is C28H29NO6. The zero-order valence-corrected chi connectivity index (χ0v) is 20.2. The summed E-state index contributed by atoms with van der Waals surface area (Å²) in [4.78, 5) is 25.9. The van der Waals surface area contributed by atoms with Gasteiger partial charge in [0, 0.05) is 11.6 Å². The molecule has 182 valence electrons. The van der Waals surface area contributed by atoms with E-state index >= 15 is 0 Å². The molecule has 0 radical (unpaired) electrons. The maximum absolute atomic E-state index is 13.2. The van der Waals surface area contributed by atoms with Crippen LogP contribution in [0.3, 0.4) is 0 Å². The monoisotopic (exact) mass is 475 g/mol. The number of nitrogens with one attached hydrogen (secondary N) is 1. The van der Waals surface area contributed by atoms with E-state index in [4.69, 9.17) is 18.9 Å². The first-order valence-electron chi connectivity index (χ1n) is 11.1. The fourth-order valence-electron chi connectivity index (χ4n) is 3.40. The Balaban J connectivity index is 1.79. The van der Waals surface area contributed by atoms with Crippen molar-refractivity contribution in [1.29, 1.82) is 0 Å². The molecule has 0 aromatic heterocycles. The minimum absolute atomic E-state index is 0.492. The smallest absolute Gasteiger partial charge is 0.331 e. The minimum Gasteiger partial charge on any atom is -0.495 e. The summed E-state index contributed by atoms with van der Waals surface area (Å²) in [7, 11) is 3.07. The summed E-state index contributed by atoms with van der Waals surface area (Å²) in [6.45, 7) is 4.30. The van der Waals surface area contributed by atoms with Crippen molar-refractivity contribution in [2.75, 3.05) is 26.1 Å². The number of amides is 1. The van der Waals surface area contributed by atoms with Crippen molar-refractivity contribution in [2.24, 2.45) is 0 Å². The Morgan fingerprint density at radius 3 is 2.31 bits per heavy atom. The number of ether oxygens (including phenoxy) is 4. The normalized spacial score (nSPS) is 11.5. The summed E-state index contributed by atoms with van der Waals surface area (Å²) in [5.41, 5.74) is 2.70. The molecule has 1 atom stereocenters. The Labute approximate surface area is 205 Å². The summed E-state index contributed by atoms with van der Waals surface area (Å²) < 4.78 is 21.8. The van der Waals surface area contributed by atoms with Crippen molar-refractivity contribution >= 4 is 23.6 Å². The van der Waals surface area contributed by atoms with Crippen LogP contribution in [0.1, 0.15) is 29.7 Å². The molecule has 0 aliphatic rings. The lowest BCUT2D eigenvalue weighted by Crippen LogP contribution is -2.25. The van der Waals surface area contributed by atoms with Crippen LogP contribution < -0.4 is 19.5 Å². The van der Waals surface area contributed by atoms with Gasteiger partial charge in [0.1, 0.15) is 5.75 Å². The van der Waals surface area contributed by atoms with E-state index in [1.54, 1.807) is 67.8 Å². The summed E-state index contributed by atoms with van der Waals surface area (Å²) in [6.07, 6.45) is 1.70. The van der Waals surface area contributed by atoms with Crippen LogP contribution in [-0.2, 0) is 14.3 Å².